The van der Waals surface area contributed by atoms with E-state index in [1.807, 2.05) is 36.3 Å². The monoisotopic (exact) mass is 332 g/mol. The van der Waals surface area contributed by atoms with Crippen molar-refractivity contribution in [3.05, 3.63) is 53.6 Å². The molecule has 1 aromatic carbocycles. The Labute approximate surface area is 142 Å². The van der Waals surface area contributed by atoms with E-state index in [1.165, 1.54) is 17.7 Å². The molecule has 2 heterocycles. The maximum Gasteiger partial charge on any atom is 0.123 e. The molecular formula is C18H25FN4O. The summed E-state index contributed by atoms with van der Waals surface area (Å²) in [6.45, 7) is 4.73. The Morgan fingerprint density at radius 1 is 1.17 bits per heavy atom. The molecule has 0 spiro atoms. The second kappa shape index (κ2) is 7.88. The van der Waals surface area contributed by atoms with Gasteiger partial charge >= 0.3 is 0 Å². The summed E-state index contributed by atoms with van der Waals surface area (Å²) in [6, 6.07) is 7.01. The second-order valence-corrected chi connectivity index (χ2v) is 6.52. The van der Waals surface area contributed by atoms with Crippen LogP contribution in [0.3, 0.4) is 0 Å². The van der Waals surface area contributed by atoms with Gasteiger partial charge in [-0.15, -0.1) is 0 Å². The van der Waals surface area contributed by atoms with Gasteiger partial charge in [-0.1, -0.05) is 12.1 Å². The maximum absolute atomic E-state index is 13.1. The Kier molecular flexibility index (Phi) is 5.60. The summed E-state index contributed by atoms with van der Waals surface area (Å²) in [6.07, 6.45) is 4.71. The highest BCUT2D eigenvalue weighted by molar-refractivity contribution is 5.16. The molecule has 0 aliphatic carbocycles. The van der Waals surface area contributed by atoms with Gasteiger partial charge in [0.05, 0.1) is 6.20 Å². The molecule has 5 nitrogen and oxygen atoms in total. The SMILES string of the molecule is Cn1cc(CN2CCN(Cc3ccc(F)cc3)[C@@H](CCO)C2)cn1. The molecule has 1 fully saturated rings. The lowest BCUT2D eigenvalue weighted by Crippen LogP contribution is -2.52. The van der Waals surface area contributed by atoms with Crippen LogP contribution in [0.25, 0.3) is 0 Å². The van der Waals surface area contributed by atoms with E-state index < -0.39 is 0 Å². The smallest absolute Gasteiger partial charge is 0.123 e. The Morgan fingerprint density at radius 2 is 1.96 bits per heavy atom. The van der Waals surface area contributed by atoms with Crippen LogP contribution in [0.4, 0.5) is 4.39 Å². The molecule has 1 saturated heterocycles. The summed E-state index contributed by atoms with van der Waals surface area (Å²) in [7, 11) is 1.93. The summed E-state index contributed by atoms with van der Waals surface area (Å²) >= 11 is 0. The largest absolute Gasteiger partial charge is 0.396 e. The minimum atomic E-state index is -0.202. The molecule has 6 heteroatoms. The molecule has 0 amide bonds. The van der Waals surface area contributed by atoms with Gasteiger partial charge in [0.2, 0.25) is 0 Å². The van der Waals surface area contributed by atoms with E-state index in [0.29, 0.717) is 6.04 Å². The van der Waals surface area contributed by atoms with Crippen LogP contribution in [-0.4, -0.2) is 57.0 Å². The Balaban J connectivity index is 1.61. The summed E-state index contributed by atoms with van der Waals surface area (Å²) < 4.78 is 14.9. The molecule has 1 N–H and O–H groups in total. The van der Waals surface area contributed by atoms with E-state index in [2.05, 4.69) is 14.9 Å². The Morgan fingerprint density at radius 3 is 2.62 bits per heavy atom. The molecule has 1 aromatic heterocycles. The lowest BCUT2D eigenvalue weighted by molar-refractivity contribution is 0.0499. The molecule has 0 saturated carbocycles. The van der Waals surface area contributed by atoms with Crippen molar-refractivity contribution in [2.45, 2.75) is 25.6 Å². The van der Waals surface area contributed by atoms with Gasteiger partial charge in [-0.2, -0.15) is 5.10 Å². The number of hydrogen-bond donors (Lipinski definition) is 1. The molecular weight excluding hydrogens is 307 g/mol. The fraction of sp³-hybridized carbons (Fsp3) is 0.500. The molecule has 0 unspecified atom stereocenters. The minimum absolute atomic E-state index is 0.186. The molecule has 1 atom stereocenters. The van der Waals surface area contributed by atoms with Crippen molar-refractivity contribution in [2.75, 3.05) is 26.2 Å². The highest BCUT2D eigenvalue weighted by atomic mass is 19.1. The fourth-order valence-corrected chi connectivity index (χ4v) is 3.37. The van der Waals surface area contributed by atoms with Crippen LogP contribution in [-0.2, 0) is 20.1 Å². The van der Waals surface area contributed by atoms with Crippen LogP contribution in [0.15, 0.2) is 36.7 Å². The van der Waals surface area contributed by atoms with Crippen LogP contribution >= 0.6 is 0 Å². The molecule has 1 aliphatic heterocycles. The van der Waals surface area contributed by atoms with Crippen molar-refractivity contribution < 1.29 is 9.50 Å². The number of halogens is 1. The normalized spacial score (nSPS) is 19.7. The van der Waals surface area contributed by atoms with Gasteiger partial charge in [0.1, 0.15) is 5.82 Å². The van der Waals surface area contributed by atoms with Gasteiger partial charge in [0, 0.05) is 64.2 Å². The Hall–Kier alpha value is -1.76. The highest BCUT2D eigenvalue weighted by Crippen LogP contribution is 2.18. The number of aliphatic hydroxyl groups is 1. The zero-order valence-corrected chi connectivity index (χ0v) is 14.1. The number of aliphatic hydroxyl groups excluding tert-OH is 1. The number of aromatic nitrogens is 2. The molecule has 3 rings (SSSR count). The number of hydrogen-bond acceptors (Lipinski definition) is 4. The maximum atomic E-state index is 13.1. The number of nitrogens with zero attached hydrogens (tertiary/aromatic N) is 4. The number of benzene rings is 1. The van der Waals surface area contributed by atoms with Gasteiger partial charge < -0.3 is 5.11 Å². The first-order chi connectivity index (χ1) is 11.6. The first-order valence-corrected chi connectivity index (χ1v) is 8.43. The molecule has 0 radical (unpaired) electrons. The first-order valence-electron chi connectivity index (χ1n) is 8.43. The average Bonchev–Trinajstić information content (AvgIpc) is 2.97. The van der Waals surface area contributed by atoms with Crippen molar-refractivity contribution >= 4 is 0 Å². The van der Waals surface area contributed by atoms with Crippen LogP contribution in [0.1, 0.15) is 17.5 Å². The molecule has 2 aromatic rings. The van der Waals surface area contributed by atoms with E-state index >= 15 is 0 Å². The van der Waals surface area contributed by atoms with Gasteiger partial charge in [-0.05, 0) is 24.1 Å². The third kappa shape index (κ3) is 4.41. The standard InChI is InChI=1S/C18H25FN4O/c1-21-11-16(10-20-21)12-22-7-8-23(18(14-22)6-9-24)13-15-2-4-17(19)5-3-15/h2-5,10-11,18,24H,6-9,12-14H2,1H3/t18-/m0/s1. The summed E-state index contributed by atoms with van der Waals surface area (Å²) in [5.74, 6) is -0.202. The van der Waals surface area contributed by atoms with E-state index in [4.69, 9.17) is 0 Å². The van der Waals surface area contributed by atoms with Crippen molar-refractivity contribution in [3.8, 4) is 0 Å². The summed E-state index contributed by atoms with van der Waals surface area (Å²) in [5.41, 5.74) is 2.33. The third-order valence-electron chi connectivity index (χ3n) is 4.61. The van der Waals surface area contributed by atoms with Gasteiger partial charge in [-0.3, -0.25) is 14.5 Å². The lowest BCUT2D eigenvalue weighted by Gasteiger charge is -2.41. The molecule has 1 aliphatic rings. The van der Waals surface area contributed by atoms with Crippen LogP contribution in [0.5, 0.6) is 0 Å². The van der Waals surface area contributed by atoms with E-state index in [9.17, 15) is 9.50 Å². The number of rotatable bonds is 6. The summed E-state index contributed by atoms with van der Waals surface area (Å²) in [4.78, 5) is 4.81. The highest BCUT2D eigenvalue weighted by Gasteiger charge is 2.26. The number of aryl methyl sites for hydroxylation is 1. The van der Waals surface area contributed by atoms with Crippen molar-refractivity contribution in [3.63, 3.8) is 0 Å². The van der Waals surface area contributed by atoms with Crippen LogP contribution in [0.2, 0.25) is 0 Å². The predicted molar refractivity (Wildman–Crippen MR) is 90.8 cm³/mol. The minimum Gasteiger partial charge on any atom is -0.396 e. The van der Waals surface area contributed by atoms with Crippen molar-refractivity contribution in [2.24, 2.45) is 7.05 Å². The van der Waals surface area contributed by atoms with Gasteiger partial charge in [0.15, 0.2) is 0 Å². The van der Waals surface area contributed by atoms with Crippen LogP contribution in [0, 0.1) is 5.82 Å². The molecule has 24 heavy (non-hydrogen) atoms. The molecule has 0 bridgehead atoms. The summed E-state index contributed by atoms with van der Waals surface area (Å²) in [5, 5.41) is 13.6. The predicted octanol–water partition coefficient (Wildman–Crippen LogP) is 1.63. The van der Waals surface area contributed by atoms with Gasteiger partial charge in [0.25, 0.3) is 0 Å². The quantitative estimate of drug-likeness (QED) is 0.873. The zero-order chi connectivity index (χ0) is 16.9. The molecule has 130 valence electrons. The third-order valence-corrected chi connectivity index (χ3v) is 4.61. The average molecular weight is 332 g/mol. The zero-order valence-electron chi connectivity index (χ0n) is 14.1. The topological polar surface area (TPSA) is 44.5 Å². The van der Waals surface area contributed by atoms with E-state index in [-0.39, 0.29) is 12.4 Å². The number of piperazine rings is 1. The first kappa shape index (κ1) is 17.1. The fourth-order valence-electron chi connectivity index (χ4n) is 3.37. The van der Waals surface area contributed by atoms with Crippen LogP contribution < -0.4 is 0 Å². The van der Waals surface area contributed by atoms with E-state index in [0.717, 1.165) is 44.7 Å². The van der Waals surface area contributed by atoms with Crippen molar-refractivity contribution in [1.29, 1.82) is 0 Å². The second-order valence-electron chi connectivity index (χ2n) is 6.52. The Bertz CT molecular complexity index is 643. The van der Waals surface area contributed by atoms with Crippen molar-refractivity contribution in [1.82, 2.24) is 19.6 Å². The lowest BCUT2D eigenvalue weighted by atomic mass is 10.1. The van der Waals surface area contributed by atoms with Gasteiger partial charge in [-0.25, -0.2) is 4.39 Å². The van der Waals surface area contributed by atoms with E-state index in [1.54, 1.807) is 0 Å².